The van der Waals surface area contributed by atoms with Crippen LogP contribution < -0.4 is 10.1 Å². The third kappa shape index (κ3) is 2.97. The van der Waals surface area contributed by atoms with E-state index in [-0.39, 0.29) is 5.91 Å². The van der Waals surface area contributed by atoms with E-state index >= 15 is 0 Å². The predicted molar refractivity (Wildman–Crippen MR) is 83.1 cm³/mol. The molecule has 0 spiro atoms. The fourth-order valence-corrected chi connectivity index (χ4v) is 3.00. The second kappa shape index (κ2) is 6.35. The first kappa shape index (κ1) is 14.2. The van der Waals surface area contributed by atoms with Crippen molar-refractivity contribution in [3.8, 4) is 5.75 Å². The van der Waals surface area contributed by atoms with E-state index in [2.05, 4.69) is 17.1 Å². The molecule has 0 aromatic heterocycles. The number of nitrogens with zero attached hydrogens (tertiary/aromatic N) is 2. The third-order valence-electron chi connectivity index (χ3n) is 4.11. The monoisotopic (exact) mass is 289 g/mol. The number of anilines is 1. The Kier molecular flexibility index (Phi) is 4.29. The molecule has 21 heavy (non-hydrogen) atoms. The van der Waals surface area contributed by atoms with Gasteiger partial charge in [-0.15, -0.1) is 0 Å². The van der Waals surface area contributed by atoms with Gasteiger partial charge in [0.1, 0.15) is 6.61 Å². The summed E-state index contributed by atoms with van der Waals surface area (Å²) in [5.41, 5.74) is 1.61. The van der Waals surface area contributed by atoms with Crippen LogP contribution in [0.4, 0.5) is 5.69 Å². The quantitative estimate of drug-likeness (QED) is 0.919. The number of carbonyl (C=O) groups is 1. The zero-order valence-corrected chi connectivity index (χ0v) is 12.6. The molecule has 0 aliphatic carbocycles. The zero-order valence-electron chi connectivity index (χ0n) is 12.6. The molecule has 5 nitrogen and oxygen atoms in total. The lowest BCUT2D eigenvalue weighted by atomic mass is 10.1. The SMILES string of the molecule is CCCN1CCN(C(=O)c2cccc3c2OCCN3)CC1. The number of nitrogens with one attached hydrogen (secondary N) is 1. The van der Waals surface area contributed by atoms with Gasteiger partial charge >= 0.3 is 0 Å². The van der Waals surface area contributed by atoms with Crippen LogP contribution in [0.2, 0.25) is 0 Å². The van der Waals surface area contributed by atoms with E-state index in [1.54, 1.807) is 0 Å². The van der Waals surface area contributed by atoms with E-state index in [9.17, 15) is 4.79 Å². The number of carbonyl (C=O) groups excluding carboxylic acids is 1. The average molecular weight is 289 g/mol. The first-order valence-electron chi connectivity index (χ1n) is 7.81. The van der Waals surface area contributed by atoms with Crippen molar-refractivity contribution in [3.63, 3.8) is 0 Å². The Morgan fingerprint density at radius 3 is 2.86 bits per heavy atom. The molecule has 1 fully saturated rings. The van der Waals surface area contributed by atoms with Crippen LogP contribution in [0.1, 0.15) is 23.7 Å². The average Bonchev–Trinajstić information content (AvgIpc) is 2.55. The summed E-state index contributed by atoms with van der Waals surface area (Å²) < 4.78 is 5.71. The molecular weight excluding hydrogens is 266 g/mol. The molecule has 114 valence electrons. The minimum atomic E-state index is 0.0895. The van der Waals surface area contributed by atoms with Crippen molar-refractivity contribution in [2.24, 2.45) is 0 Å². The van der Waals surface area contributed by atoms with E-state index in [4.69, 9.17) is 4.74 Å². The standard InChI is InChI=1S/C16H23N3O2/c1-2-7-18-8-10-19(11-9-18)16(20)13-4-3-5-14-15(13)21-12-6-17-14/h3-5,17H,2,6-12H2,1H3. The largest absolute Gasteiger partial charge is 0.489 e. The lowest BCUT2D eigenvalue weighted by Gasteiger charge is -2.35. The van der Waals surface area contributed by atoms with Gasteiger partial charge in [-0.2, -0.15) is 0 Å². The van der Waals surface area contributed by atoms with Crippen LogP contribution in [0, 0.1) is 0 Å². The van der Waals surface area contributed by atoms with Gasteiger partial charge in [0, 0.05) is 32.7 Å². The Labute approximate surface area is 125 Å². The van der Waals surface area contributed by atoms with Gasteiger partial charge in [0.25, 0.3) is 5.91 Å². The van der Waals surface area contributed by atoms with Crippen LogP contribution in [0.3, 0.4) is 0 Å². The lowest BCUT2D eigenvalue weighted by molar-refractivity contribution is 0.0633. The van der Waals surface area contributed by atoms with E-state index in [0.29, 0.717) is 17.9 Å². The highest BCUT2D eigenvalue weighted by atomic mass is 16.5. The summed E-state index contributed by atoms with van der Waals surface area (Å²) in [6.07, 6.45) is 1.17. The van der Waals surface area contributed by atoms with Crippen LogP contribution >= 0.6 is 0 Å². The van der Waals surface area contributed by atoms with Crippen molar-refractivity contribution in [1.82, 2.24) is 9.80 Å². The van der Waals surface area contributed by atoms with E-state index in [0.717, 1.165) is 45.0 Å². The number of rotatable bonds is 3. The van der Waals surface area contributed by atoms with Gasteiger partial charge in [0.2, 0.25) is 0 Å². The highest BCUT2D eigenvalue weighted by molar-refractivity contribution is 5.99. The van der Waals surface area contributed by atoms with Gasteiger partial charge in [-0.25, -0.2) is 0 Å². The summed E-state index contributed by atoms with van der Waals surface area (Å²) >= 11 is 0. The number of benzene rings is 1. The normalized spacial score (nSPS) is 18.6. The molecule has 1 aromatic carbocycles. The van der Waals surface area contributed by atoms with Crippen LogP contribution in [0.25, 0.3) is 0 Å². The number of para-hydroxylation sites is 1. The van der Waals surface area contributed by atoms with Crippen molar-refractivity contribution >= 4 is 11.6 Å². The van der Waals surface area contributed by atoms with Crippen molar-refractivity contribution in [1.29, 1.82) is 0 Å². The van der Waals surface area contributed by atoms with Gasteiger partial charge in [0.15, 0.2) is 5.75 Å². The molecule has 3 rings (SSSR count). The summed E-state index contributed by atoms with van der Waals surface area (Å²) in [5, 5.41) is 3.28. The number of fused-ring (bicyclic) bond motifs is 1. The number of hydrogen-bond donors (Lipinski definition) is 1. The Bertz CT molecular complexity index is 510. The number of ether oxygens (including phenoxy) is 1. The Balaban J connectivity index is 1.72. The molecule has 0 atom stereocenters. The summed E-state index contributed by atoms with van der Waals surface area (Å²) in [4.78, 5) is 17.1. The molecule has 2 aliphatic heterocycles. The maximum Gasteiger partial charge on any atom is 0.257 e. The molecule has 1 amide bonds. The van der Waals surface area contributed by atoms with E-state index in [1.165, 1.54) is 6.42 Å². The molecule has 2 heterocycles. The maximum atomic E-state index is 12.7. The molecule has 1 N–H and O–H groups in total. The molecule has 5 heteroatoms. The maximum absolute atomic E-state index is 12.7. The molecule has 2 aliphatic rings. The predicted octanol–water partition coefficient (Wildman–Crippen LogP) is 1.66. The molecule has 0 bridgehead atoms. The van der Waals surface area contributed by atoms with E-state index < -0.39 is 0 Å². The fraction of sp³-hybridized carbons (Fsp3) is 0.562. The van der Waals surface area contributed by atoms with Gasteiger partial charge in [-0.1, -0.05) is 13.0 Å². The van der Waals surface area contributed by atoms with Gasteiger partial charge in [-0.05, 0) is 25.1 Å². The summed E-state index contributed by atoms with van der Waals surface area (Å²) in [6, 6.07) is 5.75. The smallest absolute Gasteiger partial charge is 0.257 e. The van der Waals surface area contributed by atoms with Crippen molar-refractivity contribution in [3.05, 3.63) is 23.8 Å². The number of piperazine rings is 1. The van der Waals surface area contributed by atoms with Crippen LogP contribution in [0.5, 0.6) is 5.75 Å². The molecule has 1 aromatic rings. The number of hydrogen-bond acceptors (Lipinski definition) is 4. The van der Waals surface area contributed by atoms with Gasteiger partial charge < -0.3 is 15.0 Å². The van der Waals surface area contributed by atoms with Crippen LogP contribution in [-0.2, 0) is 0 Å². The van der Waals surface area contributed by atoms with Crippen molar-refractivity contribution in [2.45, 2.75) is 13.3 Å². The number of amides is 1. The van der Waals surface area contributed by atoms with E-state index in [1.807, 2.05) is 23.1 Å². The summed E-state index contributed by atoms with van der Waals surface area (Å²) in [5.74, 6) is 0.802. The van der Waals surface area contributed by atoms with Crippen LogP contribution in [-0.4, -0.2) is 61.6 Å². The van der Waals surface area contributed by atoms with Crippen molar-refractivity contribution in [2.75, 3.05) is 51.2 Å². The Morgan fingerprint density at radius 1 is 1.29 bits per heavy atom. The van der Waals surface area contributed by atoms with Gasteiger partial charge in [-0.3, -0.25) is 9.69 Å². The highest BCUT2D eigenvalue weighted by Crippen LogP contribution is 2.32. The fourth-order valence-electron chi connectivity index (χ4n) is 3.00. The minimum absolute atomic E-state index is 0.0895. The first-order valence-corrected chi connectivity index (χ1v) is 7.81. The molecule has 0 unspecified atom stereocenters. The molecule has 0 saturated carbocycles. The Morgan fingerprint density at radius 2 is 2.10 bits per heavy atom. The second-order valence-electron chi connectivity index (χ2n) is 5.59. The van der Waals surface area contributed by atoms with Crippen molar-refractivity contribution < 1.29 is 9.53 Å². The minimum Gasteiger partial charge on any atom is -0.489 e. The summed E-state index contributed by atoms with van der Waals surface area (Å²) in [6.45, 7) is 8.25. The zero-order chi connectivity index (χ0) is 14.7. The highest BCUT2D eigenvalue weighted by Gasteiger charge is 2.26. The Hall–Kier alpha value is -1.75. The van der Waals surface area contributed by atoms with Crippen LogP contribution in [0.15, 0.2) is 18.2 Å². The topological polar surface area (TPSA) is 44.8 Å². The first-order chi connectivity index (χ1) is 10.3. The molecule has 0 radical (unpaired) electrons. The molecule has 1 saturated heterocycles. The van der Waals surface area contributed by atoms with Gasteiger partial charge in [0.05, 0.1) is 11.3 Å². The second-order valence-corrected chi connectivity index (χ2v) is 5.59. The third-order valence-corrected chi connectivity index (χ3v) is 4.11. The lowest BCUT2D eigenvalue weighted by Crippen LogP contribution is -2.48. The summed E-state index contributed by atoms with van der Waals surface area (Å²) in [7, 11) is 0. The molecular formula is C16H23N3O2.